The van der Waals surface area contributed by atoms with Crippen molar-refractivity contribution in [3.05, 3.63) is 48.0 Å². The number of amides is 1. The summed E-state index contributed by atoms with van der Waals surface area (Å²) in [7, 11) is 0. The third kappa shape index (κ3) is 3.62. The molecule has 0 spiro atoms. The summed E-state index contributed by atoms with van der Waals surface area (Å²) in [5.74, 6) is 1.36. The SMILES string of the molecule is O=C(NCc1nc(C2CCOCC2)no1)c1cc(-c2cccnc2)on1. The molecule has 1 aliphatic heterocycles. The zero-order chi connectivity index (χ0) is 17.8. The highest BCUT2D eigenvalue weighted by atomic mass is 16.5. The van der Waals surface area contributed by atoms with Gasteiger partial charge in [-0.25, -0.2) is 0 Å². The van der Waals surface area contributed by atoms with E-state index < -0.39 is 0 Å². The molecule has 0 aromatic carbocycles. The first-order valence-corrected chi connectivity index (χ1v) is 8.35. The molecule has 1 aliphatic rings. The predicted molar refractivity (Wildman–Crippen MR) is 88.0 cm³/mol. The predicted octanol–water partition coefficient (Wildman–Crippen LogP) is 1.94. The smallest absolute Gasteiger partial charge is 0.273 e. The number of hydrogen-bond donors (Lipinski definition) is 1. The van der Waals surface area contributed by atoms with E-state index in [1.165, 1.54) is 0 Å². The largest absolute Gasteiger partial charge is 0.381 e. The van der Waals surface area contributed by atoms with Crippen molar-refractivity contribution >= 4 is 5.91 Å². The first kappa shape index (κ1) is 16.4. The molecule has 0 bridgehead atoms. The van der Waals surface area contributed by atoms with Gasteiger partial charge >= 0.3 is 0 Å². The number of aromatic nitrogens is 4. The average molecular weight is 355 g/mol. The van der Waals surface area contributed by atoms with Crippen molar-refractivity contribution < 1.29 is 18.6 Å². The molecule has 0 aliphatic carbocycles. The monoisotopic (exact) mass is 355 g/mol. The van der Waals surface area contributed by atoms with Crippen LogP contribution in [0.1, 0.15) is 41.0 Å². The fourth-order valence-corrected chi connectivity index (χ4v) is 2.73. The van der Waals surface area contributed by atoms with Gasteiger partial charge < -0.3 is 19.1 Å². The Hall–Kier alpha value is -3.07. The zero-order valence-electron chi connectivity index (χ0n) is 13.9. The van der Waals surface area contributed by atoms with Gasteiger partial charge in [0.05, 0.1) is 6.54 Å². The molecular formula is C17H17N5O4. The van der Waals surface area contributed by atoms with Gasteiger partial charge in [-0.05, 0) is 25.0 Å². The van der Waals surface area contributed by atoms with Crippen molar-refractivity contribution in [2.75, 3.05) is 13.2 Å². The van der Waals surface area contributed by atoms with Crippen LogP contribution in [-0.2, 0) is 11.3 Å². The number of carbonyl (C=O) groups excluding carboxylic acids is 1. The highest BCUT2D eigenvalue weighted by Gasteiger charge is 2.22. The zero-order valence-corrected chi connectivity index (χ0v) is 13.9. The number of hydrogen-bond acceptors (Lipinski definition) is 8. The quantitative estimate of drug-likeness (QED) is 0.738. The number of carbonyl (C=O) groups is 1. The van der Waals surface area contributed by atoms with Crippen LogP contribution in [-0.4, -0.2) is 39.4 Å². The van der Waals surface area contributed by atoms with Gasteiger partial charge in [-0.1, -0.05) is 10.3 Å². The minimum Gasteiger partial charge on any atom is -0.381 e. The molecule has 0 unspecified atom stereocenters. The van der Waals surface area contributed by atoms with E-state index in [0.29, 0.717) is 30.7 Å². The number of nitrogens with one attached hydrogen (secondary N) is 1. The summed E-state index contributed by atoms with van der Waals surface area (Å²) in [6, 6.07) is 5.17. The molecular weight excluding hydrogens is 338 g/mol. The average Bonchev–Trinajstić information content (AvgIpc) is 3.37. The fourth-order valence-electron chi connectivity index (χ4n) is 2.73. The summed E-state index contributed by atoms with van der Waals surface area (Å²) in [5, 5.41) is 10.5. The molecule has 3 aromatic rings. The third-order valence-corrected chi connectivity index (χ3v) is 4.16. The lowest BCUT2D eigenvalue weighted by Crippen LogP contribution is -2.23. The Labute approximate surface area is 148 Å². The van der Waals surface area contributed by atoms with Gasteiger partial charge in [-0.3, -0.25) is 9.78 Å². The Morgan fingerprint density at radius 2 is 2.12 bits per heavy atom. The van der Waals surface area contributed by atoms with E-state index in [0.717, 1.165) is 18.4 Å². The normalized spacial score (nSPS) is 15.1. The molecule has 1 saturated heterocycles. The van der Waals surface area contributed by atoms with Gasteiger partial charge in [-0.2, -0.15) is 4.98 Å². The van der Waals surface area contributed by atoms with E-state index in [9.17, 15) is 4.79 Å². The Kier molecular flexibility index (Phi) is 4.69. The van der Waals surface area contributed by atoms with Gasteiger partial charge in [0.25, 0.3) is 5.91 Å². The molecule has 0 saturated carbocycles. The molecule has 9 heteroatoms. The molecule has 26 heavy (non-hydrogen) atoms. The maximum atomic E-state index is 12.2. The molecule has 4 heterocycles. The van der Waals surface area contributed by atoms with E-state index in [2.05, 4.69) is 25.6 Å². The first-order chi connectivity index (χ1) is 12.8. The van der Waals surface area contributed by atoms with E-state index in [-0.39, 0.29) is 24.1 Å². The van der Waals surface area contributed by atoms with Gasteiger partial charge in [0.2, 0.25) is 5.89 Å². The second-order valence-electron chi connectivity index (χ2n) is 5.93. The molecule has 1 amide bonds. The Balaban J connectivity index is 1.35. The topological polar surface area (TPSA) is 116 Å². The Morgan fingerprint density at radius 3 is 2.92 bits per heavy atom. The molecule has 4 rings (SSSR count). The first-order valence-electron chi connectivity index (χ1n) is 8.35. The van der Waals surface area contributed by atoms with Crippen LogP contribution in [0.2, 0.25) is 0 Å². The van der Waals surface area contributed by atoms with Crippen molar-refractivity contribution in [2.24, 2.45) is 0 Å². The highest BCUT2D eigenvalue weighted by molar-refractivity contribution is 5.92. The third-order valence-electron chi connectivity index (χ3n) is 4.16. The Morgan fingerprint density at radius 1 is 1.23 bits per heavy atom. The summed E-state index contributed by atoms with van der Waals surface area (Å²) in [5.41, 5.74) is 0.921. The fraction of sp³-hybridized carbons (Fsp3) is 0.353. The Bertz CT molecular complexity index is 870. The van der Waals surface area contributed by atoms with Crippen LogP contribution in [0, 0.1) is 0 Å². The molecule has 0 radical (unpaired) electrons. The second-order valence-corrected chi connectivity index (χ2v) is 5.93. The van der Waals surface area contributed by atoms with E-state index >= 15 is 0 Å². The van der Waals surface area contributed by atoms with Crippen LogP contribution in [0.25, 0.3) is 11.3 Å². The van der Waals surface area contributed by atoms with Crippen LogP contribution in [0.4, 0.5) is 0 Å². The molecule has 1 N–H and O–H groups in total. The lowest BCUT2D eigenvalue weighted by atomic mass is 10.00. The maximum absolute atomic E-state index is 12.2. The minimum absolute atomic E-state index is 0.129. The highest BCUT2D eigenvalue weighted by Crippen LogP contribution is 2.24. The van der Waals surface area contributed by atoms with E-state index in [1.54, 1.807) is 24.5 Å². The molecule has 1 fully saturated rings. The lowest BCUT2D eigenvalue weighted by Gasteiger charge is -2.18. The molecule has 9 nitrogen and oxygen atoms in total. The number of ether oxygens (including phenoxy) is 1. The maximum Gasteiger partial charge on any atom is 0.273 e. The van der Waals surface area contributed by atoms with Crippen molar-refractivity contribution in [3.8, 4) is 11.3 Å². The van der Waals surface area contributed by atoms with Crippen LogP contribution in [0.3, 0.4) is 0 Å². The van der Waals surface area contributed by atoms with Crippen LogP contribution in [0.15, 0.2) is 39.6 Å². The number of rotatable bonds is 5. The second kappa shape index (κ2) is 7.44. The molecule has 0 atom stereocenters. The van der Waals surface area contributed by atoms with Crippen molar-refractivity contribution in [1.29, 1.82) is 0 Å². The van der Waals surface area contributed by atoms with E-state index in [4.69, 9.17) is 13.8 Å². The van der Waals surface area contributed by atoms with Gasteiger partial charge in [0.15, 0.2) is 17.3 Å². The van der Waals surface area contributed by atoms with Crippen LogP contribution < -0.4 is 5.32 Å². The van der Waals surface area contributed by atoms with Crippen molar-refractivity contribution in [3.63, 3.8) is 0 Å². The van der Waals surface area contributed by atoms with Gasteiger partial charge in [0.1, 0.15) is 0 Å². The molecule has 3 aromatic heterocycles. The number of pyridine rings is 1. The minimum atomic E-state index is -0.380. The van der Waals surface area contributed by atoms with E-state index in [1.807, 2.05) is 6.07 Å². The standard InChI is InChI=1S/C17H17N5O4/c23-17(13-8-14(25-21-13)12-2-1-5-18-9-12)19-10-15-20-16(22-26-15)11-3-6-24-7-4-11/h1-2,5,8-9,11H,3-4,6-7,10H2,(H,19,23). The number of nitrogens with zero attached hydrogens (tertiary/aromatic N) is 4. The summed E-state index contributed by atoms with van der Waals surface area (Å²) in [6.07, 6.45) is 5.05. The summed E-state index contributed by atoms with van der Waals surface area (Å²) in [4.78, 5) is 20.6. The van der Waals surface area contributed by atoms with Crippen LogP contribution >= 0.6 is 0 Å². The van der Waals surface area contributed by atoms with Crippen molar-refractivity contribution in [2.45, 2.75) is 25.3 Å². The van der Waals surface area contributed by atoms with Crippen LogP contribution in [0.5, 0.6) is 0 Å². The summed E-state index contributed by atoms with van der Waals surface area (Å²) in [6.45, 7) is 1.54. The molecule has 134 valence electrons. The summed E-state index contributed by atoms with van der Waals surface area (Å²) >= 11 is 0. The van der Waals surface area contributed by atoms with Gasteiger partial charge in [-0.15, -0.1) is 0 Å². The lowest BCUT2D eigenvalue weighted by molar-refractivity contribution is 0.0830. The summed E-state index contributed by atoms with van der Waals surface area (Å²) < 4.78 is 15.7. The van der Waals surface area contributed by atoms with Gasteiger partial charge in [0, 0.05) is 43.2 Å². The van der Waals surface area contributed by atoms with Crippen molar-refractivity contribution in [1.82, 2.24) is 25.6 Å².